The van der Waals surface area contributed by atoms with E-state index in [-0.39, 0.29) is 11.8 Å². The van der Waals surface area contributed by atoms with E-state index in [1.54, 1.807) is 7.11 Å². The number of nitrogens with zero attached hydrogens (tertiary/aromatic N) is 2. The van der Waals surface area contributed by atoms with Crippen LogP contribution in [0.25, 0.3) is 0 Å². The smallest absolute Gasteiger partial charge is 0.246 e. The highest BCUT2D eigenvalue weighted by Gasteiger charge is 2.53. The molecule has 210 valence electrons. The minimum absolute atomic E-state index is 0.0200. The summed E-state index contributed by atoms with van der Waals surface area (Å²) in [6, 6.07) is 25.2. The number of piperazine rings is 1. The summed E-state index contributed by atoms with van der Waals surface area (Å²) < 4.78 is 11.2. The van der Waals surface area contributed by atoms with Crippen LogP contribution in [0, 0.1) is 5.92 Å². The Balaban J connectivity index is 1.27. The van der Waals surface area contributed by atoms with Gasteiger partial charge in [-0.15, -0.1) is 0 Å². The minimum atomic E-state index is -0.839. The van der Waals surface area contributed by atoms with Crippen molar-refractivity contribution in [1.29, 1.82) is 0 Å². The number of carbonyl (C=O) groups excluding carboxylic acids is 2. The first-order valence-electron chi connectivity index (χ1n) is 14.2. The van der Waals surface area contributed by atoms with Crippen molar-refractivity contribution in [3.05, 3.63) is 90.0 Å². The third-order valence-electron chi connectivity index (χ3n) is 8.01. The number of carbonyl (C=O) groups is 2. The van der Waals surface area contributed by atoms with Gasteiger partial charge in [-0.3, -0.25) is 14.5 Å². The minimum Gasteiger partial charge on any atom is -0.497 e. The number of hydrogen-bond donors (Lipinski definition) is 1. The zero-order valence-electron chi connectivity index (χ0n) is 23.6. The molecular weight excluding hydrogens is 502 g/mol. The summed E-state index contributed by atoms with van der Waals surface area (Å²) in [4.78, 5) is 31.7. The van der Waals surface area contributed by atoms with E-state index in [9.17, 15) is 9.59 Å². The second-order valence-corrected chi connectivity index (χ2v) is 11.3. The van der Waals surface area contributed by atoms with Crippen molar-refractivity contribution in [2.45, 2.75) is 57.8 Å². The Bertz CT molecular complexity index is 1280. The van der Waals surface area contributed by atoms with Gasteiger partial charge in [0.25, 0.3) is 0 Å². The van der Waals surface area contributed by atoms with Crippen LogP contribution in [0.1, 0.15) is 44.2 Å². The molecule has 3 aromatic carbocycles. The van der Waals surface area contributed by atoms with E-state index >= 15 is 0 Å². The highest BCUT2D eigenvalue weighted by molar-refractivity contribution is 6.00. The maximum atomic E-state index is 13.8. The molecule has 1 unspecified atom stereocenters. The molecule has 2 fully saturated rings. The molecule has 0 aromatic heterocycles. The maximum Gasteiger partial charge on any atom is 0.246 e. The first kappa shape index (κ1) is 27.7. The Hall–Kier alpha value is -3.84. The zero-order valence-corrected chi connectivity index (χ0v) is 23.6. The first-order valence-corrected chi connectivity index (χ1v) is 14.2. The quantitative estimate of drug-likeness (QED) is 0.393. The Kier molecular flexibility index (Phi) is 8.40. The molecular formula is C33H39N3O4. The predicted octanol–water partition coefficient (Wildman–Crippen LogP) is 5.40. The number of rotatable bonds is 9. The SMILES string of the molecule is COc1ccc(CN2C(=O)C(CC(C)C)NC(=O)C23CCN(Cc2ccc(Oc4ccccc4)cc2)CC3)cc1. The maximum absolute atomic E-state index is 13.8. The molecule has 2 aliphatic rings. The summed E-state index contributed by atoms with van der Waals surface area (Å²) >= 11 is 0. The average molecular weight is 542 g/mol. The molecule has 2 saturated heterocycles. The molecule has 1 spiro atoms. The standard InChI is InChI=1S/C33H39N3O4/c1-24(2)21-30-31(37)36(23-26-9-13-27(39-3)14-10-26)33(32(38)34-30)17-19-35(20-18-33)22-25-11-15-29(16-12-25)40-28-7-5-4-6-8-28/h4-16,24,30H,17-23H2,1-3H3,(H,34,38). The second kappa shape index (κ2) is 12.1. The molecule has 7 nitrogen and oxygen atoms in total. The number of piperidine rings is 1. The van der Waals surface area contributed by atoms with Crippen LogP contribution < -0.4 is 14.8 Å². The van der Waals surface area contributed by atoms with Crippen LogP contribution in [0.3, 0.4) is 0 Å². The molecule has 0 aliphatic carbocycles. The van der Waals surface area contributed by atoms with Crippen molar-refractivity contribution in [3.63, 3.8) is 0 Å². The molecule has 5 rings (SSSR count). The van der Waals surface area contributed by atoms with Gasteiger partial charge in [0.15, 0.2) is 0 Å². The van der Waals surface area contributed by atoms with Crippen LogP contribution in [0.2, 0.25) is 0 Å². The fourth-order valence-corrected chi connectivity index (χ4v) is 5.77. The number of methoxy groups -OCH3 is 1. The number of amides is 2. The molecule has 2 amide bonds. The van der Waals surface area contributed by atoms with Crippen molar-refractivity contribution in [1.82, 2.24) is 15.1 Å². The monoisotopic (exact) mass is 541 g/mol. The number of benzene rings is 3. The third kappa shape index (κ3) is 6.15. The Morgan fingerprint density at radius 2 is 1.40 bits per heavy atom. The van der Waals surface area contributed by atoms with Crippen LogP contribution >= 0.6 is 0 Å². The Morgan fingerprint density at radius 3 is 2.00 bits per heavy atom. The molecule has 0 radical (unpaired) electrons. The van der Waals surface area contributed by atoms with Crippen LogP contribution in [0.5, 0.6) is 17.2 Å². The van der Waals surface area contributed by atoms with Crippen molar-refractivity contribution in [2.75, 3.05) is 20.2 Å². The Morgan fingerprint density at radius 1 is 0.825 bits per heavy atom. The summed E-state index contributed by atoms with van der Waals surface area (Å²) in [5, 5.41) is 3.10. The van der Waals surface area contributed by atoms with Crippen LogP contribution in [-0.2, 0) is 22.7 Å². The van der Waals surface area contributed by atoms with Crippen molar-refractivity contribution >= 4 is 11.8 Å². The summed E-state index contributed by atoms with van der Waals surface area (Å²) in [5.41, 5.74) is 1.34. The fraction of sp³-hybridized carbons (Fsp3) is 0.394. The van der Waals surface area contributed by atoms with Gasteiger partial charge in [0.1, 0.15) is 28.8 Å². The van der Waals surface area contributed by atoms with E-state index < -0.39 is 11.6 Å². The number of hydrogen-bond acceptors (Lipinski definition) is 5. The van der Waals surface area contributed by atoms with Gasteiger partial charge in [0.2, 0.25) is 11.8 Å². The molecule has 0 saturated carbocycles. The molecule has 40 heavy (non-hydrogen) atoms. The van der Waals surface area contributed by atoms with E-state index in [1.807, 2.05) is 71.6 Å². The van der Waals surface area contributed by atoms with Gasteiger partial charge in [0.05, 0.1) is 7.11 Å². The summed E-state index contributed by atoms with van der Waals surface area (Å²) in [6.45, 7) is 6.82. The molecule has 2 aliphatic heterocycles. The van der Waals surface area contributed by atoms with Gasteiger partial charge in [-0.05, 0) is 72.7 Å². The van der Waals surface area contributed by atoms with E-state index in [1.165, 1.54) is 5.56 Å². The summed E-state index contributed by atoms with van der Waals surface area (Å²) in [7, 11) is 1.64. The van der Waals surface area contributed by atoms with Gasteiger partial charge in [-0.25, -0.2) is 0 Å². The molecule has 1 atom stereocenters. The zero-order chi connectivity index (χ0) is 28.1. The van der Waals surface area contributed by atoms with E-state index in [2.05, 4.69) is 36.2 Å². The van der Waals surface area contributed by atoms with Gasteiger partial charge in [-0.2, -0.15) is 0 Å². The number of nitrogens with one attached hydrogen (secondary N) is 1. The van der Waals surface area contributed by atoms with Gasteiger partial charge in [0, 0.05) is 26.2 Å². The van der Waals surface area contributed by atoms with Gasteiger partial charge >= 0.3 is 0 Å². The number of likely N-dealkylation sites (tertiary alicyclic amines) is 1. The largest absolute Gasteiger partial charge is 0.497 e. The van der Waals surface area contributed by atoms with E-state index in [0.29, 0.717) is 31.7 Å². The lowest BCUT2D eigenvalue weighted by Gasteiger charge is -2.52. The molecule has 2 heterocycles. The van der Waals surface area contributed by atoms with E-state index in [0.717, 1.165) is 42.4 Å². The van der Waals surface area contributed by atoms with Crippen molar-refractivity contribution in [2.24, 2.45) is 5.92 Å². The lowest BCUT2D eigenvalue weighted by atomic mass is 9.80. The second-order valence-electron chi connectivity index (χ2n) is 11.3. The summed E-state index contributed by atoms with van der Waals surface area (Å²) in [5.74, 6) is 2.69. The molecule has 1 N–H and O–H groups in total. The van der Waals surface area contributed by atoms with Gasteiger partial charge < -0.3 is 19.7 Å². The topological polar surface area (TPSA) is 71.1 Å². The normalized spacial score (nSPS) is 19.1. The summed E-state index contributed by atoms with van der Waals surface area (Å²) in [6.07, 6.45) is 1.84. The highest BCUT2D eigenvalue weighted by atomic mass is 16.5. The van der Waals surface area contributed by atoms with Gasteiger partial charge in [-0.1, -0.05) is 56.3 Å². The van der Waals surface area contributed by atoms with Crippen molar-refractivity contribution in [3.8, 4) is 17.2 Å². The van der Waals surface area contributed by atoms with Crippen molar-refractivity contribution < 1.29 is 19.1 Å². The third-order valence-corrected chi connectivity index (χ3v) is 8.01. The van der Waals surface area contributed by atoms with E-state index in [4.69, 9.17) is 9.47 Å². The number of para-hydroxylation sites is 1. The lowest BCUT2D eigenvalue weighted by Crippen LogP contribution is -2.72. The predicted molar refractivity (Wildman–Crippen MR) is 155 cm³/mol. The average Bonchev–Trinajstić information content (AvgIpc) is 2.97. The Labute approximate surface area is 237 Å². The molecule has 7 heteroatoms. The van der Waals surface area contributed by atoms with Crippen LogP contribution in [-0.4, -0.2) is 53.4 Å². The fourth-order valence-electron chi connectivity index (χ4n) is 5.77. The highest BCUT2D eigenvalue weighted by Crippen LogP contribution is 2.36. The van der Waals surface area contributed by atoms with Crippen LogP contribution in [0.15, 0.2) is 78.9 Å². The first-order chi connectivity index (χ1) is 19.4. The lowest BCUT2D eigenvalue weighted by molar-refractivity contribution is -0.162. The number of ether oxygens (including phenoxy) is 2. The van der Waals surface area contributed by atoms with Crippen LogP contribution in [0.4, 0.5) is 0 Å². The molecule has 3 aromatic rings. The molecule has 0 bridgehead atoms.